The summed E-state index contributed by atoms with van der Waals surface area (Å²) >= 11 is 0. The van der Waals surface area contributed by atoms with Gasteiger partial charge in [0.15, 0.2) is 0 Å². The largest absolute Gasteiger partial charge is 0.350 e. The van der Waals surface area contributed by atoms with E-state index < -0.39 is 25.7 Å². The second-order valence-electron chi connectivity index (χ2n) is 4.63. The van der Waals surface area contributed by atoms with Gasteiger partial charge in [-0.3, -0.25) is 4.79 Å². The molecule has 1 aromatic rings. The molecule has 0 aromatic heterocycles. The van der Waals surface area contributed by atoms with Crippen LogP contribution in [0.1, 0.15) is 43.5 Å². The molecular formula is C13H17ClFNO3S. The third-order valence-corrected chi connectivity index (χ3v) is 4.12. The maximum absolute atomic E-state index is 13.4. The van der Waals surface area contributed by atoms with Crippen molar-refractivity contribution in [3.63, 3.8) is 0 Å². The Balaban J connectivity index is 2.91. The number of carbonyl (C=O) groups excluding carboxylic acids is 1. The predicted octanol–water partition coefficient (Wildman–Crippen LogP) is 3.06. The normalized spacial score (nSPS) is 13.0. The minimum Gasteiger partial charge on any atom is -0.350 e. The second kappa shape index (κ2) is 7.04. The Hall–Kier alpha value is -1.14. The Bertz CT molecular complexity index is 589. The number of hydrogen-bond donors (Lipinski definition) is 1. The van der Waals surface area contributed by atoms with Gasteiger partial charge in [0, 0.05) is 22.3 Å². The fourth-order valence-corrected chi connectivity index (χ4v) is 2.51. The Morgan fingerprint density at radius 3 is 2.60 bits per heavy atom. The molecule has 112 valence electrons. The summed E-state index contributed by atoms with van der Waals surface area (Å²) in [5.74, 6) is -1.34. The van der Waals surface area contributed by atoms with Crippen molar-refractivity contribution >= 4 is 25.6 Å². The monoisotopic (exact) mass is 321 g/mol. The molecule has 20 heavy (non-hydrogen) atoms. The van der Waals surface area contributed by atoms with E-state index in [1.165, 1.54) is 0 Å². The number of carbonyl (C=O) groups is 1. The summed E-state index contributed by atoms with van der Waals surface area (Å²) in [5.41, 5.74) is -0.0624. The van der Waals surface area contributed by atoms with Crippen LogP contribution in [0, 0.1) is 5.82 Å². The van der Waals surface area contributed by atoms with E-state index in [0.717, 1.165) is 37.5 Å². The van der Waals surface area contributed by atoms with Crippen LogP contribution in [0.5, 0.6) is 0 Å². The first kappa shape index (κ1) is 16.9. The molecule has 0 fully saturated rings. The van der Waals surface area contributed by atoms with Gasteiger partial charge in [-0.2, -0.15) is 0 Å². The Morgan fingerprint density at radius 2 is 2.05 bits per heavy atom. The molecule has 0 aliphatic rings. The molecule has 1 aromatic carbocycles. The predicted molar refractivity (Wildman–Crippen MR) is 75.9 cm³/mol. The van der Waals surface area contributed by atoms with Crippen LogP contribution in [0.2, 0.25) is 0 Å². The number of halogens is 2. The lowest BCUT2D eigenvalue weighted by Crippen LogP contribution is -2.32. The van der Waals surface area contributed by atoms with E-state index in [1.807, 2.05) is 13.8 Å². The quantitative estimate of drug-likeness (QED) is 0.819. The van der Waals surface area contributed by atoms with Crippen molar-refractivity contribution in [1.82, 2.24) is 5.32 Å². The van der Waals surface area contributed by atoms with Gasteiger partial charge in [0.1, 0.15) is 5.82 Å². The van der Waals surface area contributed by atoms with Crippen LogP contribution < -0.4 is 5.32 Å². The molecule has 0 saturated carbocycles. The molecule has 1 N–H and O–H groups in total. The summed E-state index contributed by atoms with van der Waals surface area (Å²) in [6.45, 7) is 3.88. The van der Waals surface area contributed by atoms with Crippen LogP contribution in [0.3, 0.4) is 0 Å². The van der Waals surface area contributed by atoms with E-state index in [4.69, 9.17) is 10.7 Å². The highest BCUT2D eigenvalue weighted by Gasteiger charge is 2.17. The number of unbranched alkanes of at least 4 members (excludes halogenated alkanes) is 1. The summed E-state index contributed by atoms with van der Waals surface area (Å²) in [7, 11) is 1.08. The molecule has 1 unspecified atom stereocenters. The highest BCUT2D eigenvalue weighted by atomic mass is 35.7. The van der Waals surface area contributed by atoms with Gasteiger partial charge in [0.05, 0.1) is 4.90 Å². The summed E-state index contributed by atoms with van der Waals surface area (Å²) in [6, 6.07) is 2.75. The third kappa shape index (κ3) is 5.09. The van der Waals surface area contributed by atoms with Crippen molar-refractivity contribution in [2.45, 2.75) is 44.0 Å². The molecule has 7 heteroatoms. The Labute approximate surface area is 122 Å². The van der Waals surface area contributed by atoms with Crippen molar-refractivity contribution in [2.75, 3.05) is 0 Å². The van der Waals surface area contributed by atoms with E-state index in [9.17, 15) is 17.6 Å². The van der Waals surface area contributed by atoms with Crippen molar-refractivity contribution in [1.29, 1.82) is 0 Å². The van der Waals surface area contributed by atoms with E-state index in [1.54, 1.807) is 0 Å². The average Bonchev–Trinajstić information content (AvgIpc) is 2.34. The maximum Gasteiger partial charge on any atom is 0.261 e. The minimum absolute atomic E-state index is 0.0624. The molecule has 0 aliphatic carbocycles. The van der Waals surface area contributed by atoms with Crippen molar-refractivity contribution < 1.29 is 17.6 Å². The highest BCUT2D eigenvalue weighted by molar-refractivity contribution is 8.13. The van der Waals surface area contributed by atoms with Gasteiger partial charge >= 0.3 is 0 Å². The summed E-state index contributed by atoms with van der Waals surface area (Å²) in [5, 5.41) is 2.69. The van der Waals surface area contributed by atoms with Crippen LogP contribution in [0.25, 0.3) is 0 Å². The number of benzene rings is 1. The highest BCUT2D eigenvalue weighted by Crippen LogP contribution is 2.18. The summed E-state index contributed by atoms with van der Waals surface area (Å²) in [4.78, 5) is 11.5. The lowest BCUT2D eigenvalue weighted by molar-refractivity contribution is 0.0937. The van der Waals surface area contributed by atoms with Crippen LogP contribution in [0.15, 0.2) is 23.1 Å². The van der Waals surface area contributed by atoms with Gasteiger partial charge in [-0.05, 0) is 31.5 Å². The molecule has 0 heterocycles. The first-order chi connectivity index (χ1) is 9.24. The molecule has 1 rings (SSSR count). The SMILES string of the molecule is CCCCC(C)NC(=O)c1cc(F)cc(S(=O)(=O)Cl)c1. The van der Waals surface area contributed by atoms with E-state index >= 15 is 0 Å². The fraction of sp³-hybridized carbons (Fsp3) is 0.462. The van der Waals surface area contributed by atoms with E-state index in [2.05, 4.69) is 5.32 Å². The van der Waals surface area contributed by atoms with Gasteiger partial charge < -0.3 is 5.32 Å². The summed E-state index contributed by atoms with van der Waals surface area (Å²) < 4.78 is 35.7. The van der Waals surface area contributed by atoms with Crippen molar-refractivity contribution in [3.8, 4) is 0 Å². The lowest BCUT2D eigenvalue weighted by Gasteiger charge is -2.13. The summed E-state index contributed by atoms with van der Waals surface area (Å²) in [6.07, 6.45) is 2.78. The maximum atomic E-state index is 13.4. The number of rotatable bonds is 6. The molecule has 0 aliphatic heterocycles. The van der Waals surface area contributed by atoms with E-state index in [-0.39, 0.29) is 11.6 Å². The molecule has 0 bridgehead atoms. The van der Waals surface area contributed by atoms with Crippen LogP contribution in [-0.2, 0) is 9.05 Å². The van der Waals surface area contributed by atoms with E-state index in [0.29, 0.717) is 0 Å². The van der Waals surface area contributed by atoms with Crippen LogP contribution in [-0.4, -0.2) is 20.4 Å². The first-order valence-corrected chi connectivity index (χ1v) is 8.61. The third-order valence-electron chi connectivity index (χ3n) is 2.78. The van der Waals surface area contributed by atoms with Gasteiger partial charge in [-0.25, -0.2) is 12.8 Å². The van der Waals surface area contributed by atoms with Crippen LogP contribution in [0.4, 0.5) is 4.39 Å². The zero-order valence-corrected chi connectivity index (χ0v) is 12.9. The molecule has 0 radical (unpaired) electrons. The smallest absolute Gasteiger partial charge is 0.261 e. The molecular weight excluding hydrogens is 305 g/mol. The zero-order chi connectivity index (χ0) is 15.3. The minimum atomic E-state index is -4.07. The molecule has 0 saturated heterocycles. The molecule has 4 nitrogen and oxygen atoms in total. The fourth-order valence-electron chi connectivity index (χ4n) is 1.72. The number of amides is 1. The van der Waals surface area contributed by atoms with Gasteiger partial charge in [-0.1, -0.05) is 19.8 Å². The second-order valence-corrected chi connectivity index (χ2v) is 7.20. The van der Waals surface area contributed by atoms with Crippen molar-refractivity contribution in [2.24, 2.45) is 0 Å². The molecule has 0 spiro atoms. The topological polar surface area (TPSA) is 63.2 Å². The molecule has 1 atom stereocenters. The van der Waals surface area contributed by atoms with Crippen LogP contribution >= 0.6 is 10.7 Å². The lowest BCUT2D eigenvalue weighted by atomic mass is 10.1. The molecule has 1 amide bonds. The zero-order valence-electron chi connectivity index (χ0n) is 11.3. The number of hydrogen-bond acceptors (Lipinski definition) is 3. The van der Waals surface area contributed by atoms with Gasteiger partial charge in [0.25, 0.3) is 15.0 Å². The standard InChI is InChI=1S/C13H17ClFNO3S/c1-3-4-5-9(2)16-13(17)10-6-11(15)8-12(7-10)20(14,18)19/h6-9H,3-5H2,1-2H3,(H,16,17). The Morgan fingerprint density at radius 1 is 1.40 bits per heavy atom. The average molecular weight is 322 g/mol. The van der Waals surface area contributed by atoms with Gasteiger partial charge in [0.2, 0.25) is 0 Å². The van der Waals surface area contributed by atoms with Gasteiger partial charge in [-0.15, -0.1) is 0 Å². The first-order valence-electron chi connectivity index (χ1n) is 6.30. The Kier molecular flexibility index (Phi) is 5.95. The number of nitrogens with one attached hydrogen (secondary N) is 1. The van der Waals surface area contributed by atoms with Crippen molar-refractivity contribution in [3.05, 3.63) is 29.6 Å².